The van der Waals surface area contributed by atoms with Crippen LogP contribution in [0.25, 0.3) is 11.1 Å². The Labute approximate surface area is 120 Å². The number of hydrogen-bond acceptors (Lipinski definition) is 3. The minimum atomic E-state index is 0.734. The SMILES string of the molecule is COc1cncc(-c2cc(CNC3CC3)ccc2C)c1. The van der Waals surface area contributed by atoms with Gasteiger partial charge in [0.2, 0.25) is 0 Å². The molecule has 1 aliphatic rings. The van der Waals surface area contributed by atoms with Crippen molar-refractivity contribution in [3.8, 4) is 16.9 Å². The van der Waals surface area contributed by atoms with Gasteiger partial charge in [0, 0.05) is 24.3 Å². The quantitative estimate of drug-likeness (QED) is 0.903. The second-order valence-electron chi connectivity index (χ2n) is 5.42. The van der Waals surface area contributed by atoms with Crippen LogP contribution >= 0.6 is 0 Å². The summed E-state index contributed by atoms with van der Waals surface area (Å²) < 4.78 is 5.26. The zero-order valence-corrected chi connectivity index (χ0v) is 12.0. The molecule has 3 heteroatoms. The van der Waals surface area contributed by atoms with Gasteiger partial charge < -0.3 is 10.1 Å². The molecule has 0 radical (unpaired) electrons. The van der Waals surface area contributed by atoms with Gasteiger partial charge in [-0.1, -0.05) is 12.1 Å². The Bertz CT molecular complexity index is 606. The molecule has 1 aromatic carbocycles. The third-order valence-corrected chi connectivity index (χ3v) is 3.73. The molecule has 0 saturated heterocycles. The van der Waals surface area contributed by atoms with Crippen LogP contribution in [-0.2, 0) is 6.54 Å². The lowest BCUT2D eigenvalue weighted by Gasteiger charge is -2.10. The van der Waals surface area contributed by atoms with Gasteiger partial charge in [0.15, 0.2) is 0 Å². The van der Waals surface area contributed by atoms with Gasteiger partial charge in [-0.2, -0.15) is 0 Å². The van der Waals surface area contributed by atoms with Gasteiger partial charge in [0.1, 0.15) is 5.75 Å². The number of nitrogens with zero attached hydrogens (tertiary/aromatic N) is 1. The summed E-state index contributed by atoms with van der Waals surface area (Å²) in [5.41, 5.74) is 4.91. The number of aryl methyl sites for hydroxylation is 1. The monoisotopic (exact) mass is 268 g/mol. The number of hydrogen-bond donors (Lipinski definition) is 1. The second-order valence-corrected chi connectivity index (χ2v) is 5.42. The Morgan fingerprint density at radius 3 is 2.85 bits per heavy atom. The van der Waals surface area contributed by atoms with E-state index < -0.39 is 0 Å². The van der Waals surface area contributed by atoms with Crippen molar-refractivity contribution in [1.82, 2.24) is 10.3 Å². The number of methoxy groups -OCH3 is 1. The number of aromatic nitrogens is 1. The summed E-state index contributed by atoms with van der Waals surface area (Å²) >= 11 is 0. The Morgan fingerprint density at radius 2 is 2.10 bits per heavy atom. The van der Waals surface area contributed by atoms with Crippen LogP contribution in [0, 0.1) is 6.92 Å². The zero-order valence-electron chi connectivity index (χ0n) is 12.0. The number of nitrogens with one attached hydrogen (secondary N) is 1. The molecule has 0 atom stereocenters. The van der Waals surface area contributed by atoms with E-state index in [2.05, 4.69) is 35.4 Å². The van der Waals surface area contributed by atoms with Gasteiger partial charge in [-0.05, 0) is 48.6 Å². The summed E-state index contributed by atoms with van der Waals surface area (Å²) in [4.78, 5) is 4.25. The van der Waals surface area contributed by atoms with E-state index in [9.17, 15) is 0 Å². The molecular formula is C17H20N2O. The van der Waals surface area contributed by atoms with E-state index in [1.807, 2.05) is 12.3 Å². The normalized spacial score (nSPS) is 14.3. The fraction of sp³-hybridized carbons (Fsp3) is 0.353. The van der Waals surface area contributed by atoms with Crippen LogP contribution in [-0.4, -0.2) is 18.1 Å². The third-order valence-electron chi connectivity index (χ3n) is 3.73. The molecule has 1 fully saturated rings. The first-order chi connectivity index (χ1) is 9.76. The molecule has 104 valence electrons. The van der Waals surface area contributed by atoms with Gasteiger partial charge in [0.05, 0.1) is 13.3 Å². The first kappa shape index (κ1) is 13.1. The van der Waals surface area contributed by atoms with Crippen molar-refractivity contribution in [2.45, 2.75) is 32.4 Å². The van der Waals surface area contributed by atoms with Crippen LogP contribution in [0.3, 0.4) is 0 Å². The predicted molar refractivity (Wildman–Crippen MR) is 80.8 cm³/mol. The first-order valence-corrected chi connectivity index (χ1v) is 7.08. The van der Waals surface area contributed by atoms with Gasteiger partial charge >= 0.3 is 0 Å². The fourth-order valence-electron chi connectivity index (χ4n) is 2.32. The summed E-state index contributed by atoms with van der Waals surface area (Å²) in [7, 11) is 1.67. The fourth-order valence-corrected chi connectivity index (χ4v) is 2.32. The molecule has 1 saturated carbocycles. The molecule has 0 bridgehead atoms. The average Bonchev–Trinajstić information content (AvgIpc) is 3.31. The predicted octanol–water partition coefficient (Wildman–Crippen LogP) is 3.32. The molecule has 1 aromatic heterocycles. The van der Waals surface area contributed by atoms with Crippen molar-refractivity contribution < 1.29 is 4.74 Å². The first-order valence-electron chi connectivity index (χ1n) is 7.08. The molecule has 3 nitrogen and oxygen atoms in total. The molecule has 0 spiro atoms. The Hall–Kier alpha value is -1.87. The lowest BCUT2D eigenvalue weighted by Crippen LogP contribution is -2.15. The van der Waals surface area contributed by atoms with E-state index in [-0.39, 0.29) is 0 Å². The van der Waals surface area contributed by atoms with Gasteiger partial charge in [-0.3, -0.25) is 4.98 Å². The van der Waals surface area contributed by atoms with E-state index in [1.54, 1.807) is 13.3 Å². The van der Waals surface area contributed by atoms with Crippen LogP contribution in [0.4, 0.5) is 0 Å². The maximum Gasteiger partial charge on any atom is 0.137 e. The van der Waals surface area contributed by atoms with Crippen molar-refractivity contribution in [2.24, 2.45) is 0 Å². The molecule has 0 aliphatic heterocycles. The van der Waals surface area contributed by atoms with E-state index in [1.165, 1.54) is 29.5 Å². The molecule has 3 rings (SSSR count). The van der Waals surface area contributed by atoms with Crippen LogP contribution in [0.2, 0.25) is 0 Å². The second kappa shape index (κ2) is 5.63. The van der Waals surface area contributed by atoms with Crippen LogP contribution < -0.4 is 10.1 Å². The topological polar surface area (TPSA) is 34.1 Å². The van der Waals surface area contributed by atoms with Crippen molar-refractivity contribution in [3.05, 3.63) is 47.8 Å². The summed E-state index contributed by atoms with van der Waals surface area (Å²) in [6, 6.07) is 9.40. The highest BCUT2D eigenvalue weighted by atomic mass is 16.5. The van der Waals surface area contributed by atoms with Crippen LogP contribution in [0.1, 0.15) is 24.0 Å². The van der Waals surface area contributed by atoms with Gasteiger partial charge in [0.25, 0.3) is 0 Å². The minimum Gasteiger partial charge on any atom is -0.495 e. The van der Waals surface area contributed by atoms with Gasteiger partial charge in [-0.15, -0.1) is 0 Å². The maximum absolute atomic E-state index is 5.26. The van der Waals surface area contributed by atoms with E-state index in [4.69, 9.17) is 4.74 Å². The summed E-state index contributed by atoms with van der Waals surface area (Å²) in [6.45, 7) is 3.07. The molecule has 0 unspecified atom stereocenters. The Balaban J connectivity index is 1.87. The summed E-state index contributed by atoms with van der Waals surface area (Å²) in [5.74, 6) is 0.795. The molecule has 20 heavy (non-hydrogen) atoms. The highest BCUT2D eigenvalue weighted by molar-refractivity contribution is 5.68. The summed E-state index contributed by atoms with van der Waals surface area (Å²) in [5, 5.41) is 3.55. The molecule has 0 amide bonds. The highest BCUT2D eigenvalue weighted by Crippen LogP contribution is 2.27. The molecule has 1 heterocycles. The number of ether oxygens (including phenoxy) is 1. The Kier molecular flexibility index (Phi) is 3.70. The average molecular weight is 268 g/mol. The molecule has 2 aromatic rings. The lowest BCUT2D eigenvalue weighted by atomic mass is 9.99. The van der Waals surface area contributed by atoms with E-state index >= 15 is 0 Å². The maximum atomic E-state index is 5.26. The minimum absolute atomic E-state index is 0.734. The molecule has 1 N–H and O–H groups in total. The smallest absolute Gasteiger partial charge is 0.137 e. The van der Waals surface area contributed by atoms with Crippen molar-refractivity contribution in [1.29, 1.82) is 0 Å². The van der Waals surface area contributed by atoms with E-state index in [0.29, 0.717) is 0 Å². The van der Waals surface area contributed by atoms with Crippen molar-refractivity contribution in [3.63, 3.8) is 0 Å². The Morgan fingerprint density at radius 1 is 1.25 bits per heavy atom. The molecular weight excluding hydrogens is 248 g/mol. The standard InChI is InChI=1S/C17H20N2O/c1-12-3-4-13(9-19-15-5-6-15)7-17(12)14-8-16(20-2)11-18-10-14/h3-4,7-8,10-11,15,19H,5-6,9H2,1-2H3. The lowest BCUT2D eigenvalue weighted by molar-refractivity contribution is 0.413. The summed E-state index contributed by atoms with van der Waals surface area (Å²) in [6.07, 6.45) is 6.26. The zero-order chi connectivity index (χ0) is 13.9. The molecule has 1 aliphatic carbocycles. The number of rotatable bonds is 5. The third kappa shape index (κ3) is 2.99. The van der Waals surface area contributed by atoms with Gasteiger partial charge in [-0.25, -0.2) is 0 Å². The van der Waals surface area contributed by atoms with Crippen molar-refractivity contribution >= 4 is 0 Å². The highest BCUT2D eigenvalue weighted by Gasteiger charge is 2.20. The van der Waals surface area contributed by atoms with Crippen LogP contribution in [0.15, 0.2) is 36.7 Å². The largest absolute Gasteiger partial charge is 0.495 e. The van der Waals surface area contributed by atoms with Crippen LogP contribution in [0.5, 0.6) is 5.75 Å². The number of benzene rings is 1. The van der Waals surface area contributed by atoms with Crippen molar-refractivity contribution in [2.75, 3.05) is 7.11 Å². The van der Waals surface area contributed by atoms with E-state index in [0.717, 1.165) is 23.9 Å². The number of pyridine rings is 1.